The van der Waals surface area contributed by atoms with Gasteiger partial charge in [-0.25, -0.2) is 0 Å². The van der Waals surface area contributed by atoms with Crippen molar-refractivity contribution in [3.63, 3.8) is 0 Å². The maximum absolute atomic E-state index is 10.2. The summed E-state index contributed by atoms with van der Waals surface area (Å²) in [6.07, 6.45) is 0.792. The highest BCUT2D eigenvalue weighted by Gasteiger charge is 2.16. The molecule has 17 heavy (non-hydrogen) atoms. The summed E-state index contributed by atoms with van der Waals surface area (Å²) < 4.78 is 5.20. The van der Waals surface area contributed by atoms with Gasteiger partial charge in [-0.05, 0) is 30.3 Å². The van der Waals surface area contributed by atoms with Crippen molar-refractivity contribution in [2.24, 2.45) is 0 Å². The fraction of sp³-hybridized carbons (Fsp3) is 0.154. The van der Waals surface area contributed by atoms with E-state index in [-0.39, 0.29) is 0 Å². The van der Waals surface area contributed by atoms with E-state index in [1.54, 1.807) is 43.6 Å². The summed E-state index contributed by atoms with van der Waals surface area (Å²) >= 11 is 5.92. The number of methoxy groups -OCH3 is 1. The van der Waals surface area contributed by atoms with Crippen molar-refractivity contribution < 1.29 is 9.84 Å². The zero-order valence-electron chi connectivity index (χ0n) is 9.30. The molecule has 0 spiro atoms. The molecule has 0 fully saturated rings. The maximum atomic E-state index is 10.2. The Kier molecular flexibility index (Phi) is 3.61. The predicted octanol–water partition coefficient (Wildman–Crippen LogP) is 2.83. The van der Waals surface area contributed by atoms with Crippen LogP contribution in [0.3, 0.4) is 0 Å². The van der Waals surface area contributed by atoms with Gasteiger partial charge in [-0.3, -0.25) is 4.98 Å². The predicted molar refractivity (Wildman–Crippen MR) is 66.3 cm³/mol. The molecule has 88 valence electrons. The molecule has 1 heterocycles. The number of rotatable bonds is 3. The van der Waals surface area contributed by atoms with Crippen LogP contribution in [0.5, 0.6) is 5.75 Å². The van der Waals surface area contributed by atoms with Crippen molar-refractivity contribution in [3.8, 4) is 5.75 Å². The molecule has 1 aromatic carbocycles. The van der Waals surface area contributed by atoms with Crippen LogP contribution in [0.15, 0.2) is 42.6 Å². The molecule has 0 bridgehead atoms. The topological polar surface area (TPSA) is 42.4 Å². The second-order valence-corrected chi connectivity index (χ2v) is 3.98. The molecule has 0 aliphatic heterocycles. The Morgan fingerprint density at radius 1 is 1.29 bits per heavy atom. The van der Waals surface area contributed by atoms with E-state index < -0.39 is 6.10 Å². The summed E-state index contributed by atoms with van der Waals surface area (Å²) in [5.74, 6) is 0.590. The third kappa shape index (κ3) is 2.57. The van der Waals surface area contributed by atoms with E-state index in [2.05, 4.69) is 4.98 Å². The van der Waals surface area contributed by atoms with Crippen LogP contribution < -0.4 is 4.74 Å². The summed E-state index contributed by atoms with van der Waals surface area (Å²) in [4.78, 5) is 4.11. The van der Waals surface area contributed by atoms with Gasteiger partial charge in [0.15, 0.2) is 0 Å². The largest absolute Gasteiger partial charge is 0.496 e. The van der Waals surface area contributed by atoms with E-state index in [1.165, 1.54) is 0 Å². The Hall–Kier alpha value is -1.58. The van der Waals surface area contributed by atoms with Gasteiger partial charge in [-0.1, -0.05) is 17.7 Å². The van der Waals surface area contributed by atoms with Crippen LogP contribution in [0.25, 0.3) is 0 Å². The molecule has 0 saturated heterocycles. The first-order valence-electron chi connectivity index (χ1n) is 5.15. The lowest BCUT2D eigenvalue weighted by molar-refractivity contribution is 0.210. The van der Waals surface area contributed by atoms with Crippen molar-refractivity contribution in [2.45, 2.75) is 6.10 Å². The Morgan fingerprint density at radius 2 is 2.12 bits per heavy atom. The van der Waals surface area contributed by atoms with E-state index in [0.29, 0.717) is 22.0 Å². The number of pyridine rings is 1. The molecule has 3 nitrogen and oxygen atoms in total. The number of aromatic nitrogens is 1. The molecule has 4 heteroatoms. The monoisotopic (exact) mass is 249 g/mol. The van der Waals surface area contributed by atoms with Gasteiger partial charge < -0.3 is 9.84 Å². The van der Waals surface area contributed by atoms with E-state index in [0.717, 1.165) is 0 Å². The molecule has 1 N–H and O–H groups in total. The van der Waals surface area contributed by atoms with Gasteiger partial charge in [0.05, 0.1) is 12.8 Å². The zero-order chi connectivity index (χ0) is 12.3. The minimum absolute atomic E-state index is 0.552. The quantitative estimate of drug-likeness (QED) is 0.910. The maximum Gasteiger partial charge on any atom is 0.125 e. The first-order chi connectivity index (χ1) is 8.22. The minimum Gasteiger partial charge on any atom is -0.496 e. The molecular weight excluding hydrogens is 238 g/mol. The lowest BCUT2D eigenvalue weighted by Crippen LogP contribution is -2.04. The standard InChI is InChI=1S/C13H12ClNO2/c1-17-12-6-5-9(14)8-10(12)13(16)11-4-2-3-7-15-11/h2-8,13,16H,1H3. The van der Waals surface area contributed by atoms with Gasteiger partial charge in [0, 0.05) is 16.8 Å². The molecule has 1 unspecified atom stereocenters. The van der Waals surface area contributed by atoms with Crippen LogP contribution in [-0.4, -0.2) is 17.2 Å². The Morgan fingerprint density at radius 3 is 2.76 bits per heavy atom. The Labute approximate surface area is 105 Å². The van der Waals surface area contributed by atoms with Crippen molar-refractivity contribution >= 4 is 11.6 Å². The van der Waals surface area contributed by atoms with Crippen LogP contribution in [0.2, 0.25) is 5.02 Å². The van der Waals surface area contributed by atoms with Gasteiger partial charge in [0.25, 0.3) is 0 Å². The summed E-state index contributed by atoms with van der Waals surface area (Å²) in [5, 5.41) is 10.8. The lowest BCUT2D eigenvalue weighted by atomic mass is 10.0. The highest BCUT2D eigenvalue weighted by molar-refractivity contribution is 6.30. The number of benzene rings is 1. The number of nitrogens with zero attached hydrogens (tertiary/aromatic N) is 1. The second-order valence-electron chi connectivity index (χ2n) is 3.54. The fourth-order valence-corrected chi connectivity index (χ4v) is 1.80. The highest BCUT2D eigenvalue weighted by Crippen LogP contribution is 2.31. The van der Waals surface area contributed by atoms with Crippen LogP contribution in [-0.2, 0) is 0 Å². The van der Waals surface area contributed by atoms with Gasteiger partial charge in [0.2, 0.25) is 0 Å². The van der Waals surface area contributed by atoms with E-state index in [4.69, 9.17) is 16.3 Å². The first kappa shape index (κ1) is 11.9. The number of hydrogen-bond acceptors (Lipinski definition) is 3. The van der Waals surface area contributed by atoms with Gasteiger partial charge in [-0.15, -0.1) is 0 Å². The second kappa shape index (κ2) is 5.17. The molecule has 0 saturated carbocycles. The number of ether oxygens (including phenoxy) is 1. The van der Waals surface area contributed by atoms with Crippen molar-refractivity contribution in [1.29, 1.82) is 0 Å². The number of aliphatic hydroxyl groups excluding tert-OH is 1. The van der Waals surface area contributed by atoms with E-state index in [9.17, 15) is 5.11 Å². The fourth-order valence-electron chi connectivity index (χ4n) is 1.62. The lowest BCUT2D eigenvalue weighted by Gasteiger charge is -2.14. The normalized spacial score (nSPS) is 12.2. The minimum atomic E-state index is -0.843. The van der Waals surface area contributed by atoms with E-state index in [1.807, 2.05) is 6.07 Å². The number of hydrogen-bond donors (Lipinski definition) is 1. The molecule has 0 radical (unpaired) electrons. The van der Waals surface area contributed by atoms with E-state index >= 15 is 0 Å². The number of halogens is 1. The molecule has 2 aromatic rings. The average molecular weight is 250 g/mol. The van der Waals surface area contributed by atoms with Gasteiger partial charge >= 0.3 is 0 Å². The molecule has 0 aliphatic rings. The highest BCUT2D eigenvalue weighted by atomic mass is 35.5. The zero-order valence-corrected chi connectivity index (χ0v) is 10.1. The van der Waals surface area contributed by atoms with Crippen molar-refractivity contribution in [3.05, 3.63) is 58.9 Å². The Bertz CT molecular complexity index is 502. The molecule has 1 aromatic heterocycles. The summed E-state index contributed by atoms with van der Waals surface area (Å²) in [6.45, 7) is 0. The Balaban J connectivity index is 2.43. The first-order valence-corrected chi connectivity index (χ1v) is 5.52. The number of aliphatic hydroxyl groups is 1. The van der Waals surface area contributed by atoms with Crippen LogP contribution in [0.1, 0.15) is 17.4 Å². The SMILES string of the molecule is COc1ccc(Cl)cc1C(O)c1ccccn1. The van der Waals surface area contributed by atoms with Crippen LogP contribution in [0.4, 0.5) is 0 Å². The smallest absolute Gasteiger partial charge is 0.125 e. The van der Waals surface area contributed by atoms with Gasteiger partial charge in [0.1, 0.15) is 11.9 Å². The van der Waals surface area contributed by atoms with Crippen LogP contribution >= 0.6 is 11.6 Å². The summed E-state index contributed by atoms with van der Waals surface area (Å²) in [6, 6.07) is 10.5. The molecule has 2 rings (SSSR count). The molecule has 0 amide bonds. The third-order valence-electron chi connectivity index (χ3n) is 2.45. The van der Waals surface area contributed by atoms with Crippen LogP contribution in [0, 0.1) is 0 Å². The summed E-state index contributed by atoms with van der Waals surface area (Å²) in [5.41, 5.74) is 1.17. The molecule has 1 atom stereocenters. The summed E-state index contributed by atoms with van der Waals surface area (Å²) in [7, 11) is 1.55. The van der Waals surface area contributed by atoms with Gasteiger partial charge in [-0.2, -0.15) is 0 Å². The average Bonchev–Trinajstić information content (AvgIpc) is 2.39. The molecule has 0 aliphatic carbocycles. The molecular formula is C13H12ClNO2. The third-order valence-corrected chi connectivity index (χ3v) is 2.69. The van der Waals surface area contributed by atoms with Crippen molar-refractivity contribution in [2.75, 3.05) is 7.11 Å². The van der Waals surface area contributed by atoms with Crippen molar-refractivity contribution in [1.82, 2.24) is 4.98 Å².